The average Bonchev–Trinajstić information content (AvgIpc) is 2.91. The normalized spacial score (nSPS) is 11.4. The molecule has 0 saturated heterocycles. The maximum atomic E-state index is 11.4. The van der Waals surface area contributed by atoms with Crippen LogP contribution >= 0.6 is 0 Å². The molecule has 0 fully saturated rings. The summed E-state index contributed by atoms with van der Waals surface area (Å²) in [6, 6.07) is 8.26. The van der Waals surface area contributed by atoms with E-state index in [1.165, 1.54) is 10.9 Å². The Labute approximate surface area is 140 Å². The molecule has 2 heteroatoms. The predicted molar refractivity (Wildman–Crippen MR) is 104 cm³/mol. The maximum Gasteiger partial charge on any atom is 0.159 e. The van der Waals surface area contributed by atoms with Crippen molar-refractivity contribution in [3.8, 4) is 0 Å². The zero-order valence-electron chi connectivity index (χ0n) is 15.7. The molecule has 23 heavy (non-hydrogen) atoms. The Morgan fingerprint density at radius 1 is 1.17 bits per heavy atom. The molecule has 1 heterocycles. The average molecular weight is 313 g/mol. The summed E-state index contributed by atoms with van der Waals surface area (Å²) >= 11 is 0. The second-order valence-corrected chi connectivity index (χ2v) is 4.57. The van der Waals surface area contributed by atoms with E-state index >= 15 is 0 Å². The van der Waals surface area contributed by atoms with Crippen molar-refractivity contribution < 1.29 is 4.79 Å². The number of nitrogens with zero attached hydrogens (tertiary/aromatic N) is 1. The Morgan fingerprint density at radius 2 is 1.74 bits per heavy atom. The molecule has 0 bridgehead atoms. The lowest BCUT2D eigenvalue weighted by Crippen LogP contribution is -2.29. The molecule has 0 amide bonds. The first-order valence-corrected chi connectivity index (χ1v) is 8.55. The van der Waals surface area contributed by atoms with Gasteiger partial charge in [0.1, 0.15) is 0 Å². The van der Waals surface area contributed by atoms with Gasteiger partial charge in [-0.2, -0.15) is 0 Å². The monoisotopic (exact) mass is 313 g/mol. The summed E-state index contributed by atoms with van der Waals surface area (Å²) in [5.74, 6) is 0.00961. The largest absolute Gasteiger partial charge is 0.341 e. The van der Waals surface area contributed by atoms with Gasteiger partial charge in [-0.1, -0.05) is 58.5 Å². The van der Waals surface area contributed by atoms with Crippen molar-refractivity contribution in [2.45, 2.75) is 55.0 Å². The molecule has 0 radical (unpaired) electrons. The van der Waals surface area contributed by atoms with Gasteiger partial charge in [-0.25, -0.2) is 0 Å². The summed E-state index contributed by atoms with van der Waals surface area (Å²) in [5, 5.41) is 3.39. The number of aromatic nitrogens is 1. The third kappa shape index (κ3) is 4.69. The third-order valence-corrected chi connectivity index (χ3v) is 3.41. The number of hydrogen-bond donors (Lipinski definition) is 0. The Balaban J connectivity index is 0.00000112. The van der Waals surface area contributed by atoms with Crippen LogP contribution in [0.3, 0.4) is 0 Å². The van der Waals surface area contributed by atoms with E-state index in [2.05, 4.69) is 36.3 Å². The number of benzene rings is 1. The number of carbonyl (C=O) groups excluding carboxylic acids is 1. The van der Waals surface area contributed by atoms with E-state index in [4.69, 9.17) is 0 Å². The molecular weight excluding hydrogens is 282 g/mol. The third-order valence-electron chi connectivity index (χ3n) is 3.41. The minimum absolute atomic E-state index is 0.00961. The first-order chi connectivity index (χ1) is 11.1. The zero-order valence-corrected chi connectivity index (χ0v) is 15.7. The van der Waals surface area contributed by atoms with Crippen molar-refractivity contribution in [2.75, 3.05) is 0 Å². The highest BCUT2D eigenvalue weighted by Gasteiger charge is 2.06. The van der Waals surface area contributed by atoms with E-state index in [-0.39, 0.29) is 5.78 Å². The van der Waals surface area contributed by atoms with E-state index < -0.39 is 0 Å². The van der Waals surface area contributed by atoms with Crippen LogP contribution in [0.25, 0.3) is 23.1 Å². The first kappa shape index (κ1) is 20.9. The van der Waals surface area contributed by atoms with Gasteiger partial charge in [-0.3, -0.25) is 4.79 Å². The number of hydrogen-bond acceptors (Lipinski definition) is 1. The number of carbonyl (C=O) groups is 1. The SMILES string of the molecule is C=C(/C=c1\c(=C/C)n(CC)c2ccccc12)C(C)=O.CC.CC. The highest BCUT2D eigenvalue weighted by Crippen LogP contribution is 2.09. The maximum absolute atomic E-state index is 11.4. The van der Waals surface area contributed by atoms with Gasteiger partial charge in [0.25, 0.3) is 0 Å². The molecule has 0 spiro atoms. The van der Waals surface area contributed by atoms with Crippen LogP contribution in [0.4, 0.5) is 0 Å². The second-order valence-electron chi connectivity index (χ2n) is 4.57. The molecule has 0 saturated carbocycles. The van der Waals surface area contributed by atoms with E-state index in [1.807, 2.05) is 52.8 Å². The van der Waals surface area contributed by atoms with Crippen molar-refractivity contribution >= 4 is 28.8 Å². The van der Waals surface area contributed by atoms with Crippen LogP contribution in [-0.2, 0) is 11.3 Å². The molecule has 2 aromatic rings. The molecule has 126 valence electrons. The highest BCUT2D eigenvalue weighted by atomic mass is 16.1. The van der Waals surface area contributed by atoms with Crippen molar-refractivity contribution in [1.29, 1.82) is 0 Å². The van der Waals surface area contributed by atoms with Crippen molar-refractivity contribution in [3.05, 3.63) is 47.0 Å². The minimum atomic E-state index is 0.00961. The fraction of sp³-hybridized carbons (Fsp3) is 0.381. The first-order valence-electron chi connectivity index (χ1n) is 8.55. The molecule has 0 unspecified atom stereocenters. The molecule has 2 nitrogen and oxygen atoms in total. The van der Waals surface area contributed by atoms with Crippen LogP contribution in [0.15, 0.2) is 36.4 Å². The lowest BCUT2D eigenvalue weighted by molar-refractivity contribution is -0.113. The van der Waals surface area contributed by atoms with Gasteiger partial charge < -0.3 is 4.57 Å². The minimum Gasteiger partial charge on any atom is -0.341 e. The van der Waals surface area contributed by atoms with Crippen molar-refractivity contribution in [1.82, 2.24) is 4.57 Å². The topological polar surface area (TPSA) is 22.0 Å². The Kier molecular flexibility index (Phi) is 9.64. The highest BCUT2D eigenvalue weighted by molar-refractivity contribution is 6.01. The van der Waals surface area contributed by atoms with Gasteiger partial charge in [-0.05, 0) is 32.9 Å². The lowest BCUT2D eigenvalue weighted by Gasteiger charge is -2.00. The molecular formula is C21H31NO. The summed E-state index contributed by atoms with van der Waals surface area (Å²) in [4.78, 5) is 11.4. The van der Waals surface area contributed by atoms with Gasteiger partial charge in [0, 0.05) is 33.6 Å². The van der Waals surface area contributed by atoms with Crippen molar-refractivity contribution in [3.63, 3.8) is 0 Å². The van der Waals surface area contributed by atoms with Gasteiger partial charge in [0.15, 0.2) is 5.78 Å². The Hall–Kier alpha value is -2.09. The summed E-state index contributed by atoms with van der Waals surface area (Å²) in [7, 11) is 0. The molecule has 1 aromatic heterocycles. The summed E-state index contributed by atoms with van der Waals surface area (Å²) < 4.78 is 2.26. The van der Waals surface area contributed by atoms with Crippen LogP contribution in [0, 0.1) is 0 Å². The van der Waals surface area contributed by atoms with E-state index in [1.54, 1.807) is 6.92 Å². The van der Waals surface area contributed by atoms with E-state index in [9.17, 15) is 4.79 Å². The van der Waals surface area contributed by atoms with E-state index in [0.717, 1.165) is 17.1 Å². The van der Waals surface area contributed by atoms with Gasteiger partial charge in [0.05, 0.1) is 0 Å². The molecule has 1 aromatic carbocycles. The smallest absolute Gasteiger partial charge is 0.159 e. The van der Waals surface area contributed by atoms with Gasteiger partial charge in [-0.15, -0.1) is 0 Å². The molecule has 0 aliphatic rings. The number of Topliss-reactive ketones (excluding diaryl/α,β-unsaturated/α-hetero) is 1. The van der Waals surface area contributed by atoms with Gasteiger partial charge >= 0.3 is 0 Å². The van der Waals surface area contributed by atoms with Crippen LogP contribution in [0.5, 0.6) is 0 Å². The van der Waals surface area contributed by atoms with Crippen molar-refractivity contribution in [2.24, 2.45) is 0 Å². The number of aryl methyl sites for hydroxylation is 1. The Morgan fingerprint density at radius 3 is 2.22 bits per heavy atom. The van der Waals surface area contributed by atoms with E-state index in [0.29, 0.717) is 5.57 Å². The summed E-state index contributed by atoms with van der Waals surface area (Å²) in [6.45, 7) is 18.4. The lowest BCUT2D eigenvalue weighted by atomic mass is 10.1. The molecule has 2 rings (SSSR count). The summed E-state index contributed by atoms with van der Waals surface area (Å²) in [6.07, 6.45) is 3.98. The predicted octanol–water partition coefficient (Wildman–Crippen LogP) is 4.44. The number of rotatable bonds is 3. The van der Waals surface area contributed by atoms with Crippen LogP contribution in [0.2, 0.25) is 0 Å². The summed E-state index contributed by atoms with van der Waals surface area (Å²) in [5.41, 5.74) is 1.74. The van der Waals surface area contributed by atoms with Gasteiger partial charge in [0.2, 0.25) is 0 Å². The fourth-order valence-corrected chi connectivity index (χ4v) is 2.43. The quantitative estimate of drug-likeness (QED) is 0.768. The molecule has 0 atom stereocenters. The standard InChI is InChI=1S/C17H19NO.2C2H6/c1-5-16-15(11-12(3)13(4)19)14-9-7-8-10-17(14)18(16)6-2;2*1-2/h5,7-11H,3,6H2,1-2,4H3;2*1-2H3/b15-11-,16-5+;;. The number of para-hydroxylation sites is 1. The van der Waals surface area contributed by atoms with Crippen LogP contribution in [0.1, 0.15) is 48.5 Å². The molecule has 0 N–H and O–H groups in total. The van der Waals surface area contributed by atoms with Crippen LogP contribution < -0.4 is 10.6 Å². The Bertz CT molecular complexity index is 763. The number of fused-ring (bicyclic) bond motifs is 1. The molecule has 0 aliphatic heterocycles. The second kappa shape index (κ2) is 10.6. The fourth-order valence-electron chi connectivity index (χ4n) is 2.43. The van der Waals surface area contributed by atoms with Crippen LogP contribution in [-0.4, -0.2) is 10.4 Å². The zero-order chi connectivity index (χ0) is 18.0. The number of allylic oxidation sites excluding steroid dienone is 1. The number of ketones is 1. The molecule has 0 aliphatic carbocycles.